The van der Waals surface area contributed by atoms with E-state index in [0.717, 1.165) is 22.2 Å². The van der Waals surface area contributed by atoms with Gasteiger partial charge in [-0.2, -0.15) is 0 Å². The third-order valence-corrected chi connectivity index (χ3v) is 19.0. The maximum Gasteiger partial charge on any atom is 0.353 e. The van der Waals surface area contributed by atoms with Crippen molar-refractivity contribution in [2.24, 2.45) is 5.92 Å². The molecule has 0 bridgehead atoms. The lowest BCUT2D eigenvalue weighted by Crippen LogP contribution is -2.70. The van der Waals surface area contributed by atoms with Crippen molar-refractivity contribution in [2.75, 3.05) is 0 Å². The van der Waals surface area contributed by atoms with Crippen molar-refractivity contribution in [3.05, 3.63) is 126 Å². The molecular formula is C40H46NO6PSi. The van der Waals surface area contributed by atoms with E-state index >= 15 is 0 Å². The van der Waals surface area contributed by atoms with Gasteiger partial charge in [0.2, 0.25) is 5.91 Å². The van der Waals surface area contributed by atoms with Crippen LogP contribution in [0, 0.1) is 5.92 Å². The molecule has 0 aliphatic carbocycles. The van der Waals surface area contributed by atoms with Crippen molar-refractivity contribution < 1.29 is 29.0 Å². The van der Waals surface area contributed by atoms with Gasteiger partial charge in [-0.15, -0.1) is 0 Å². The zero-order valence-electron chi connectivity index (χ0n) is 29.0. The van der Waals surface area contributed by atoms with Crippen molar-refractivity contribution in [1.29, 1.82) is 0 Å². The number of carbonyl (C=O) groups excluding carboxylic acids is 2. The van der Waals surface area contributed by atoms with Gasteiger partial charge in [-0.1, -0.05) is 136 Å². The Morgan fingerprint density at radius 3 is 1.67 bits per heavy atom. The molecule has 1 amide bonds. The summed E-state index contributed by atoms with van der Waals surface area (Å²) < 4.78 is 6.80. The monoisotopic (exact) mass is 695 g/mol. The number of nitrogens with zero attached hydrogens (tertiary/aromatic N) is 1. The quantitative estimate of drug-likeness (QED) is 0.0828. The van der Waals surface area contributed by atoms with E-state index in [0.29, 0.717) is 11.1 Å². The van der Waals surface area contributed by atoms with Crippen LogP contribution in [0.5, 0.6) is 0 Å². The number of aliphatic hydroxyl groups is 1. The minimum atomic E-state index is -3.25. The minimum absolute atomic E-state index is 0.0410. The van der Waals surface area contributed by atoms with E-state index in [1.165, 1.54) is 4.90 Å². The molecule has 49 heavy (non-hydrogen) atoms. The summed E-state index contributed by atoms with van der Waals surface area (Å²) in [7, 11) is -2.38. The van der Waals surface area contributed by atoms with Crippen LogP contribution in [0.3, 0.4) is 0 Å². The smallest absolute Gasteiger partial charge is 0.353 e. The van der Waals surface area contributed by atoms with Gasteiger partial charge in [0, 0.05) is 6.89 Å². The van der Waals surface area contributed by atoms with Crippen LogP contribution in [0.4, 0.5) is 0 Å². The Kier molecular flexibility index (Phi) is 10.7. The van der Waals surface area contributed by atoms with Crippen LogP contribution in [0.25, 0.3) is 0 Å². The van der Waals surface area contributed by atoms with E-state index in [-0.39, 0.29) is 23.0 Å². The molecule has 5 rings (SSSR count). The maximum atomic E-state index is 14.8. The predicted octanol–water partition coefficient (Wildman–Crippen LogP) is 5.91. The van der Waals surface area contributed by atoms with Crippen molar-refractivity contribution in [3.8, 4) is 0 Å². The summed E-state index contributed by atoms with van der Waals surface area (Å²) in [5.74, 6) is -3.24. The second-order valence-electron chi connectivity index (χ2n) is 14.2. The molecule has 2 N–H and O–H groups in total. The highest BCUT2D eigenvalue weighted by atomic mass is 31.2. The molecule has 0 aromatic heterocycles. The average molecular weight is 696 g/mol. The van der Waals surface area contributed by atoms with Gasteiger partial charge < -0.3 is 19.4 Å². The first-order chi connectivity index (χ1) is 23.3. The molecule has 256 valence electrons. The van der Waals surface area contributed by atoms with Crippen molar-refractivity contribution in [3.63, 3.8) is 0 Å². The SMILES string of the molecule is C[C@@H](O[Si](C)(C)C(C)(C)C)[C@H]1C(=O)N(C(C(=O)O)=P(c2ccccc2)(c2ccccc2)c2ccccc2)[C@@H]1C(C=O)c1ccc(CO)cc1. The number of carboxylic acid groups (broad SMARTS) is 1. The molecule has 9 heteroatoms. The number of carboxylic acids is 1. The van der Waals surface area contributed by atoms with Crippen molar-refractivity contribution in [2.45, 2.75) is 70.5 Å². The highest BCUT2D eigenvalue weighted by molar-refractivity contribution is 7.96. The van der Waals surface area contributed by atoms with Crippen LogP contribution in [-0.4, -0.2) is 59.2 Å². The fourth-order valence-electron chi connectivity index (χ4n) is 6.73. The van der Waals surface area contributed by atoms with Gasteiger partial charge >= 0.3 is 5.97 Å². The van der Waals surface area contributed by atoms with E-state index in [1.807, 2.05) is 97.9 Å². The van der Waals surface area contributed by atoms with Crippen molar-refractivity contribution in [1.82, 2.24) is 4.90 Å². The molecule has 1 unspecified atom stereocenters. The summed E-state index contributed by atoms with van der Waals surface area (Å²) in [6.07, 6.45) is 0.235. The molecule has 4 atom stereocenters. The number of carbonyl (C=O) groups is 3. The fraction of sp³-hybridized carbons (Fsp3) is 0.300. The molecule has 4 aromatic carbocycles. The Morgan fingerprint density at radius 2 is 1.31 bits per heavy atom. The zero-order valence-corrected chi connectivity index (χ0v) is 30.9. The van der Waals surface area contributed by atoms with Gasteiger partial charge in [0.05, 0.1) is 30.6 Å². The molecule has 7 nitrogen and oxygen atoms in total. The van der Waals surface area contributed by atoms with Gasteiger partial charge in [0.25, 0.3) is 0 Å². The van der Waals surface area contributed by atoms with Crippen molar-refractivity contribution >= 4 is 54.7 Å². The molecule has 0 saturated carbocycles. The van der Waals surface area contributed by atoms with Crippen LogP contribution >= 0.6 is 6.89 Å². The van der Waals surface area contributed by atoms with E-state index in [4.69, 9.17) is 4.43 Å². The second kappa shape index (κ2) is 14.4. The standard InChI is InChI=1S/C40H46NO6PSi/c1-28(47-49(5,6)40(2,3)4)35-36(34(27-43)30-24-22-29(26-42)23-25-30)41(37(35)44)38(39(45)46)48(31-16-10-7-11-17-31,32-18-12-8-13-19-32)33-20-14-9-15-21-33/h7-25,27-28,34-36,42H,26H2,1-6H3,(H,45,46)/t28-,34?,35-,36-/m1/s1. The van der Waals surface area contributed by atoms with Crippen LogP contribution in [0.15, 0.2) is 115 Å². The summed E-state index contributed by atoms with van der Waals surface area (Å²) in [6, 6.07) is 34.8. The molecule has 1 heterocycles. The maximum absolute atomic E-state index is 14.8. The first-order valence-corrected chi connectivity index (χ1v) is 21.3. The molecule has 4 aromatic rings. The lowest BCUT2D eigenvalue weighted by molar-refractivity contribution is -0.158. The van der Waals surface area contributed by atoms with E-state index in [9.17, 15) is 24.6 Å². The second-order valence-corrected chi connectivity index (χ2v) is 22.2. The molecule has 0 spiro atoms. The highest BCUT2D eigenvalue weighted by Crippen LogP contribution is 2.51. The van der Waals surface area contributed by atoms with E-state index < -0.39 is 45.2 Å². The van der Waals surface area contributed by atoms with Crippen LogP contribution < -0.4 is 15.9 Å². The number of amides is 1. The third-order valence-electron chi connectivity index (χ3n) is 10.2. The Bertz CT molecular complexity index is 1740. The number of rotatable bonds is 12. The van der Waals surface area contributed by atoms with Crippen LogP contribution in [0.2, 0.25) is 18.1 Å². The molecule has 1 aliphatic rings. The topological polar surface area (TPSA) is 104 Å². The van der Waals surface area contributed by atoms with Crippen LogP contribution in [0.1, 0.15) is 44.7 Å². The highest BCUT2D eigenvalue weighted by Gasteiger charge is 2.59. The summed E-state index contributed by atoms with van der Waals surface area (Å²) in [5, 5.41) is 23.3. The first-order valence-electron chi connectivity index (χ1n) is 16.6. The Morgan fingerprint density at radius 1 is 0.857 bits per heavy atom. The predicted molar refractivity (Wildman–Crippen MR) is 201 cm³/mol. The van der Waals surface area contributed by atoms with Gasteiger partial charge in [0.15, 0.2) is 8.32 Å². The molecule has 1 aliphatic heterocycles. The summed E-state index contributed by atoms with van der Waals surface area (Å²) >= 11 is 0. The Balaban J connectivity index is 1.86. The summed E-state index contributed by atoms with van der Waals surface area (Å²) in [4.78, 5) is 43.5. The number of hydrogen-bond acceptors (Lipinski definition) is 5. The lowest BCUT2D eigenvalue weighted by atomic mass is 9.74. The first kappa shape index (κ1) is 36.2. The average Bonchev–Trinajstić information content (AvgIpc) is 3.09. The molecule has 1 saturated heterocycles. The van der Waals surface area contributed by atoms with Crippen LogP contribution in [-0.2, 0) is 25.4 Å². The molecule has 1 fully saturated rings. The third kappa shape index (κ3) is 6.63. The Hall–Kier alpha value is -4.07. The number of β-lactam (4-membered cyclic amide) rings is 1. The van der Waals surface area contributed by atoms with Gasteiger partial charge in [-0.25, -0.2) is 4.79 Å². The minimum Gasteiger partial charge on any atom is -0.477 e. The number of aliphatic hydroxyl groups excluding tert-OH is 1. The lowest BCUT2D eigenvalue weighted by Gasteiger charge is -2.54. The summed E-state index contributed by atoms with van der Waals surface area (Å²) in [5.41, 5.74) is 1.27. The molecule has 0 radical (unpaired) electrons. The number of benzene rings is 4. The van der Waals surface area contributed by atoms with E-state index in [2.05, 4.69) is 33.9 Å². The van der Waals surface area contributed by atoms with Gasteiger partial charge in [-0.05, 0) is 52.1 Å². The number of hydrogen-bond donors (Lipinski definition) is 2. The summed E-state index contributed by atoms with van der Waals surface area (Å²) in [6.45, 7) is 9.09. The zero-order chi connectivity index (χ0) is 35.6. The van der Waals surface area contributed by atoms with Gasteiger partial charge in [-0.3, -0.25) is 9.69 Å². The van der Waals surface area contributed by atoms with E-state index in [1.54, 1.807) is 24.3 Å². The Labute approximate surface area is 290 Å². The number of aldehydes is 1. The largest absolute Gasteiger partial charge is 0.477 e. The number of aliphatic carboxylic acids is 1. The molecular weight excluding hydrogens is 650 g/mol. The fourth-order valence-corrected chi connectivity index (χ4v) is 12.5. The van der Waals surface area contributed by atoms with Gasteiger partial charge in [0.1, 0.15) is 11.7 Å². The normalized spacial score (nSPS) is 17.9. The number of likely N-dealkylation sites (tertiary alicyclic amines) is 1.